The van der Waals surface area contributed by atoms with Crippen LogP contribution in [0.2, 0.25) is 10.0 Å². The summed E-state index contributed by atoms with van der Waals surface area (Å²) in [7, 11) is 0. The Morgan fingerprint density at radius 3 is 2.44 bits per heavy atom. The summed E-state index contributed by atoms with van der Waals surface area (Å²) in [4.78, 5) is 34.2. The highest BCUT2D eigenvalue weighted by molar-refractivity contribution is 6.34. The molecule has 7 nitrogen and oxygen atoms in total. The maximum absolute atomic E-state index is 12.1. The van der Waals surface area contributed by atoms with E-state index in [4.69, 9.17) is 27.9 Å². The summed E-state index contributed by atoms with van der Waals surface area (Å²) in [6.07, 6.45) is -1.13. The molecule has 0 unspecified atom stereocenters. The summed E-state index contributed by atoms with van der Waals surface area (Å²) in [5.41, 5.74) is 0.0427. The molecule has 9 heteroatoms. The summed E-state index contributed by atoms with van der Waals surface area (Å²) >= 11 is 11.8. The average molecular weight is 383 g/mol. The minimum Gasteiger partial charge on any atom is -0.449 e. The molecule has 1 amide bonds. The lowest BCUT2D eigenvalue weighted by molar-refractivity contribution is -0.384. The van der Waals surface area contributed by atoms with Crippen LogP contribution in [0.5, 0.6) is 0 Å². The fourth-order valence-electron chi connectivity index (χ4n) is 1.86. The second-order valence-electron chi connectivity index (χ2n) is 4.94. The van der Waals surface area contributed by atoms with Gasteiger partial charge in [0.25, 0.3) is 11.6 Å². The molecule has 0 aromatic heterocycles. The van der Waals surface area contributed by atoms with Crippen molar-refractivity contribution in [3.63, 3.8) is 0 Å². The predicted molar refractivity (Wildman–Crippen MR) is 93.1 cm³/mol. The highest BCUT2D eigenvalue weighted by atomic mass is 35.5. The number of carbonyl (C=O) groups is 2. The highest BCUT2D eigenvalue weighted by Crippen LogP contribution is 2.24. The smallest absolute Gasteiger partial charge is 0.340 e. The number of carbonyl (C=O) groups excluding carboxylic acids is 2. The van der Waals surface area contributed by atoms with Crippen LogP contribution in [-0.2, 0) is 9.53 Å². The number of anilines is 1. The van der Waals surface area contributed by atoms with E-state index in [2.05, 4.69) is 5.32 Å². The number of amides is 1. The van der Waals surface area contributed by atoms with E-state index in [1.165, 1.54) is 13.0 Å². The van der Waals surface area contributed by atoms with E-state index in [1.54, 1.807) is 24.3 Å². The lowest BCUT2D eigenvalue weighted by Gasteiger charge is -2.14. The third-order valence-corrected chi connectivity index (χ3v) is 3.81. The molecule has 0 saturated carbocycles. The van der Waals surface area contributed by atoms with Crippen molar-refractivity contribution in [3.8, 4) is 0 Å². The van der Waals surface area contributed by atoms with E-state index in [-0.39, 0.29) is 16.3 Å². The van der Waals surface area contributed by atoms with Crippen molar-refractivity contribution in [1.82, 2.24) is 0 Å². The first-order valence-electron chi connectivity index (χ1n) is 7.00. The molecule has 130 valence electrons. The number of hydrogen-bond donors (Lipinski definition) is 1. The molecular formula is C16H12Cl2N2O5. The topological polar surface area (TPSA) is 98.5 Å². The molecule has 1 N–H and O–H groups in total. The molecule has 0 bridgehead atoms. The molecule has 0 fully saturated rings. The minimum atomic E-state index is -1.13. The van der Waals surface area contributed by atoms with Crippen LogP contribution < -0.4 is 5.32 Å². The van der Waals surface area contributed by atoms with Gasteiger partial charge >= 0.3 is 5.97 Å². The van der Waals surface area contributed by atoms with E-state index < -0.39 is 22.9 Å². The molecular weight excluding hydrogens is 371 g/mol. The van der Waals surface area contributed by atoms with Crippen molar-refractivity contribution >= 4 is 46.5 Å². The number of para-hydroxylation sites is 1. The predicted octanol–water partition coefficient (Wildman–Crippen LogP) is 4.09. The van der Waals surface area contributed by atoms with E-state index in [9.17, 15) is 19.7 Å². The molecule has 0 spiro atoms. The summed E-state index contributed by atoms with van der Waals surface area (Å²) in [5.74, 6) is -1.46. The molecule has 25 heavy (non-hydrogen) atoms. The highest BCUT2D eigenvalue weighted by Gasteiger charge is 2.22. The van der Waals surface area contributed by atoms with Crippen molar-refractivity contribution in [2.45, 2.75) is 13.0 Å². The Morgan fingerprint density at radius 1 is 1.16 bits per heavy atom. The van der Waals surface area contributed by atoms with Crippen LogP contribution in [0.1, 0.15) is 17.3 Å². The molecule has 2 aromatic carbocycles. The number of ether oxygens (including phenoxy) is 1. The zero-order valence-corrected chi connectivity index (χ0v) is 14.4. The molecule has 2 aromatic rings. The number of nitro benzene ring substituents is 1. The number of esters is 1. The van der Waals surface area contributed by atoms with Gasteiger partial charge in [-0.25, -0.2) is 4.79 Å². The quantitative estimate of drug-likeness (QED) is 0.477. The van der Waals surface area contributed by atoms with Crippen molar-refractivity contribution < 1.29 is 19.2 Å². The van der Waals surface area contributed by atoms with Crippen molar-refractivity contribution in [3.05, 3.63) is 68.2 Å². The molecule has 0 radical (unpaired) electrons. The van der Waals surface area contributed by atoms with Gasteiger partial charge in [-0.3, -0.25) is 14.9 Å². The second kappa shape index (κ2) is 7.96. The summed E-state index contributed by atoms with van der Waals surface area (Å²) in [5, 5.41) is 13.4. The van der Waals surface area contributed by atoms with Crippen LogP contribution in [0.4, 0.5) is 11.4 Å². The number of nitro groups is 1. The second-order valence-corrected chi connectivity index (χ2v) is 5.75. The van der Waals surface area contributed by atoms with Gasteiger partial charge in [0.15, 0.2) is 6.10 Å². The third-order valence-electron chi connectivity index (χ3n) is 3.17. The number of rotatable bonds is 5. The molecule has 1 atom stereocenters. The Bertz CT molecular complexity index is 841. The standard InChI is InChI=1S/C16H12Cl2N2O5/c1-9(15(21)19-14-5-3-2-4-12(14)17)25-16(22)11-7-6-10(20(23)24)8-13(11)18/h2-9H,1H3,(H,19,21)/t9-/m1/s1. The van der Waals surface area contributed by atoms with E-state index >= 15 is 0 Å². The van der Waals surface area contributed by atoms with E-state index in [0.29, 0.717) is 10.7 Å². The normalized spacial score (nSPS) is 11.5. The zero-order valence-electron chi connectivity index (χ0n) is 12.9. The zero-order chi connectivity index (χ0) is 18.6. The average Bonchev–Trinajstić information content (AvgIpc) is 2.56. The first-order chi connectivity index (χ1) is 11.8. The molecule has 0 heterocycles. The van der Waals surface area contributed by atoms with Gasteiger partial charge in [0.2, 0.25) is 0 Å². The molecule has 0 aliphatic carbocycles. The van der Waals surface area contributed by atoms with Crippen molar-refractivity contribution in [2.24, 2.45) is 0 Å². The van der Waals surface area contributed by atoms with E-state index in [0.717, 1.165) is 12.1 Å². The first-order valence-corrected chi connectivity index (χ1v) is 7.75. The maximum atomic E-state index is 12.1. The molecule has 0 aliphatic rings. The number of halogens is 2. The fraction of sp³-hybridized carbons (Fsp3) is 0.125. The third kappa shape index (κ3) is 4.68. The van der Waals surface area contributed by atoms with Gasteiger partial charge in [-0.05, 0) is 25.1 Å². The Hall–Kier alpha value is -2.64. The Morgan fingerprint density at radius 2 is 1.84 bits per heavy atom. The van der Waals surface area contributed by atoms with Crippen LogP contribution in [0.25, 0.3) is 0 Å². The van der Waals surface area contributed by atoms with Gasteiger partial charge in [0.1, 0.15) is 0 Å². The van der Waals surface area contributed by atoms with Gasteiger partial charge in [-0.15, -0.1) is 0 Å². The lowest BCUT2D eigenvalue weighted by Crippen LogP contribution is -2.30. The van der Waals surface area contributed by atoms with Crippen LogP contribution in [0.3, 0.4) is 0 Å². The van der Waals surface area contributed by atoms with Crippen LogP contribution in [0, 0.1) is 10.1 Å². The number of nitrogens with zero attached hydrogens (tertiary/aromatic N) is 1. The number of hydrogen-bond acceptors (Lipinski definition) is 5. The minimum absolute atomic E-state index is 0.0790. The Labute approximate surface area is 152 Å². The SMILES string of the molecule is C[C@@H](OC(=O)c1ccc([N+](=O)[O-])cc1Cl)C(=O)Nc1ccccc1Cl. The van der Waals surface area contributed by atoms with Gasteiger partial charge in [0.05, 0.1) is 26.2 Å². The van der Waals surface area contributed by atoms with Crippen molar-refractivity contribution in [2.75, 3.05) is 5.32 Å². The van der Waals surface area contributed by atoms with Crippen LogP contribution in [-0.4, -0.2) is 22.9 Å². The van der Waals surface area contributed by atoms with E-state index in [1.807, 2.05) is 0 Å². The Balaban J connectivity index is 2.06. The summed E-state index contributed by atoms with van der Waals surface area (Å²) < 4.78 is 5.04. The fourth-order valence-corrected chi connectivity index (χ4v) is 2.29. The van der Waals surface area contributed by atoms with Crippen molar-refractivity contribution in [1.29, 1.82) is 0 Å². The van der Waals surface area contributed by atoms with Crippen LogP contribution >= 0.6 is 23.2 Å². The summed E-state index contributed by atoms with van der Waals surface area (Å²) in [6, 6.07) is 9.92. The van der Waals surface area contributed by atoms with Gasteiger partial charge < -0.3 is 10.1 Å². The molecule has 0 aliphatic heterocycles. The lowest BCUT2D eigenvalue weighted by atomic mass is 10.2. The van der Waals surface area contributed by atoms with Gasteiger partial charge in [-0.1, -0.05) is 35.3 Å². The number of nitrogens with one attached hydrogen (secondary N) is 1. The first kappa shape index (κ1) is 18.7. The van der Waals surface area contributed by atoms with Gasteiger partial charge in [-0.2, -0.15) is 0 Å². The molecule has 0 saturated heterocycles. The summed E-state index contributed by atoms with van der Waals surface area (Å²) in [6.45, 7) is 1.38. The van der Waals surface area contributed by atoms with Crippen LogP contribution in [0.15, 0.2) is 42.5 Å². The number of benzene rings is 2. The number of non-ortho nitro benzene ring substituents is 1. The van der Waals surface area contributed by atoms with Gasteiger partial charge in [0, 0.05) is 12.1 Å². The maximum Gasteiger partial charge on any atom is 0.340 e. The largest absolute Gasteiger partial charge is 0.449 e. The Kier molecular flexibility index (Phi) is 5.95. The monoisotopic (exact) mass is 382 g/mol. The molecule has 2 rings (SSSR count).